The second kappa shape index (κ2) is 8.17. The van der Waals surface area contributed by atoms with Crippen molar-refractivity contribution in [3.8, 4) is 17.4 Å². The van der Waals surface area contributed by atoms with Gasteiger partial charge in [0, 0.05) is 24.1 Å². The number of nitrogens with one attached hydrogen (secondary N) is 1. The van der Waals surface area contributed by atoms with Crippen LogP contribution < -0.4 is 9.46 Å². The summed E-state index contributed by atoms with van der Waals surface area (Å²) >= 11 is 0. The molecule has 3 rings (SSSR count). The second-order valence-corrected chi connectivity index (χ2v) is 7.82. The van der Waals surface area contributed by atoms with Gasteiger partial charge in [0.15, 0.2) is 5.82 Å². The highest BCUT2D eigenvalue weighted by atomic mass is 32.2. The minimum Gasteiger partial charge on any atom is -0.438 e. The van der Waals surface area contributed by atoms with Gasteiger partial charge in [0.2, 0.25) is 15.9 Å². The summed E-state index contributed by atoms with van der Waals surface area (Å²) in [6, 6.07) is 10.1. The van der Waals surface area contributed by atoms with Crippen LogP contribution in [0.15, 0.2) is 48.8 Å². The van der Waals surface area contributed by atoms with Gasteiger partial charge in [-0.15, -0.1) is 10.2 Å². The normalized spacial score (nSPS) is 11.3. The number of sulfonamides is 1. The predicted molar refractivity (Wildman–Crippen MR) is 103 cm³/mol. The Hall–Kier alpha value is -2.94. The molecule has 0 bridgehead atoms. The van der Waals surface area contributed by atoms with Crippen LogP contribution in [0.3, 0.4) is 0 Å². The Kier molecular flexibility index (Phi) is 5.70. The van der Waals surface area contributed by atoms with Crippen LogP contribution in [0.4, 0.5) is 5.69 Å². The lowest BCUT2D eigenvalue weighted by Gasteiger charge is -2.09. The molecule has 0 radical (unpaired) electrons. The average molecular weight is 387 g/mol. The summed E-state index contributed by atoms with van der Waals surface area (Å²) in [6.45, 7) is 3.83. The van der Waals surface area contributed by atoms with E-state index in [4.69, 9.17) is 4.74 Å². The van der Waals surface area contributed by atoms with Crippen LogP contribution in [0.2, 0.25) is 0 Å². The molecule has 0 aliphatic heterocycles. The van der Waals surface area contributed by atoms with Crippen LogP contribution >= 0.6 is 0 Å². The first-order valence-electron chi connectivity index (χ1n) is 8.59. The number of unbranched alkanes of at least 4 members (excludes halogenated alkanes) is 1. The van der Waals surface area contributed by atoms with Crippen molar-refractivity contribution >= 4 is 15.7 Å². The molecule has 0 saturated heterocycles. The van der Waals surface area contributed by atoms with Crippen molar-refractivity contribution in [3.63, 3.8) is 0 Å². The van der Waals surface area contributed by atoms with Gasteiger partial charge in [0.05, 0.1) is 5.75 Å². The molecule has 142 valence electrons. The van der Waals surface area contributed by atoms with E-state index >= 15 is 0 Å². The quantitative estimate of drug-likeness (QED) is 0.637. The molecule has 1 N–H and O–H groups in total. The number of hydrogen-bond donors (Lipinski definition) is 1. The fourth-order valence-electron chi connectivity index (χ4n) is 2.39. The third kappa shape index (κ3) is 5.04. The maximum Gasteiger partial charge on any atom is 0.238 e. The number of anilines is 1. The third-order valence-electron chi connectivity index (χ3n) is 3.82. The largest absolute Gasteiger partial charge is 0.438 e. The smallest absolute Gasteiger partial charge is 0.238 e. The summed E-state index contributed by atoms with van der Waals surface area (Å²) in [6.07, 6.45) is 4.96. The molecule has 8 nitrogen and oxygen atoms in total. The van der Waals surface area contributed by atoms with Crippen molar-refractivity contribution < 1.29 is 13.2 Å². The van der Waals surface area contributed by atoms with Gasteiger partial charge < -0.3 is 4.74 Å². The molecule has 0 aliphatic rings. The Morgan fingerprint density at radius 2 is 1.89 bits per heavy atom. The van der Waals surface area contributed by atoms with Crippen molar-refractivity contribution in [2.75, 3.05) is 10.5 Å². The van der Waals surface area contributed by atoms with Gasteiger partial charge in [0.25, 0.3) is 0 Å². The molecular weight excluding hydrogens is 366 g/mol. The van der Waals surface area contributed by atoms with E-state index < -0.39 is 10.0 Å². The summed E-state index contributed by atoms with van der Waals surface area (Å²) < 4.78 is 33.9. The van der Waals surface area contributed by atoms with E-state index in [1.807, 2.05) is 18.4 Å². The molecule has 0 saturated carbocycles. The van der Waals surface area contributed by atoms with Crippen molar-refractivity contribution in [1.82, 2.24) is 19.7 Å². The highest BCUT2D eigenvalue weighted by Gasteiger charge is 2.10. The summed E-state index contributed by atoms with van der Waals surface area (Å²) in [4.78, 5) is 4.15. The van der Waals surface area contributed by atoms with E-state index in [1.165, 1.54) is 0 Å². The zero-order valence-corrected chi connectivity index (χ0v) is 16.0. The summed E-state index contributed by atoms with van der Waals surface area (Å²) in [5, 5.41) is 8.18. The average Bonchev–Trinajstić information content (AvgIpc) is 3.08. The first-order valence-corrected chi connectivity index (χ1v) is 10.2. The van der Waals surface area contributed by atoms with E-state index in [0.29, 0.717) is 29.6 Å². The molecule has 1 aromatic carbocycles. The van der Waals surface area contributed by atoms with Crippen LogP contribution in [-0.4, -0.2) is 33.9 Å². The van der Waals surface area contributed by atoms with Crippen molar-refractivity contribution in [3.05, 3.63) is 54.6 Å². The number of ether oxygens (including phenoxy) is 1. The maximum absolute atomic E-state index is 11.9. The van der Waals surface area contributed by atoms with Gasteiger partial charge in [-0.25, -0.2) is 13.4 Å². The number of hydrogen-bond acceptors (Lipinski definition) is 6. The van der Waals surface area contributed by atoms with Gasteiger partial charge in [-0.1, -0.05) is 13.3 Å². The van der Waals surface area contributed by atoms with E-state index in [0.717, 1.165) is 12.2 Å². The molecule has 27 heavy (non-hydrogen) atoms. The first kappa shape index (κ1) is 18.8. The summed E-state index contributed by atoms with van der Waals surface area (Å²) in [5.41, 5.74) is 0.496. The molecule has 0 fully saturated rings. The molecule has 0 atom stereocenters. The van der Waals surface area contributed by atoms with Crippen molar-refractivity contribution in [2.24, 2.45) is 0 Å². The fraction of sp³-hybridized carbons (Fsp3) is 0.278. The summed E-state index contributed by atoms with van der Waals surface area (Å²) in [7, 11) is -3.32. The number of aromatic nitrogens is 4. The lowest BCUT2D eigenvalue weighted by atomic mass is 10.3. The van der Waals surface area contributed by atoms with Crippen LogP contribution in [0.5, 0.6) is 11.6 Å². The monoisotopic (exact) mass is 387 g/mol. The topological polar surface area (TPSA) is 99.0 Å². The van der Waals surface area contributed by atoms with Crippen LogP contribution in [0.1, 0.15) is 25.6 Å². The predicted octanol–water partition coefficient (Wildman–Crippen LogP) is 3.30. The zero-order valence-electron chi connectivity index (χ0n) is 15.2. The molecule has 0 aliphatic carbocycles. The number of aryl methyl sites for hydroxylation is 1. The first-order chi connectivity index (χ1) is 13.0. The van der Waals surface area contributed by atoms with E-state index in [-0.39, 0.29) is 5.75 Å². The Morgan fingerprint density at radius 3 is 2.48 bits per heavy atom. The van der Waals surface area contributed by atoms with Gasteiger partial charge >= 0.3 is 0 Å². The minimum atomic E-state index is -3.32. The van der Waals surface area contributed by atoms with Gasteiger partial charge in [-0.3, -0.25) is 9.29 Å². The van der Waals surface area contributed by atoms with Crippen LogP contribution in [0, 0.1) is 6.92 Å². The van der Waals surface area contributed by atoms with Crippen LogP contribution in [0.25, 0.3) is 5.82 Å². The van der Waals surface area contributed by atoms with Gasteiger partial charge in [-0.2, -0.15) is 0 Å². The van der Waals surface area contributed by atoms with Crippen LogP contribution in [-0.2, 0) is 10.0 Å². The molecule has 2 heterocycles. The standard InChI is InChI=1S/C18H21N5O3S/c1-3-4-13-27(24,25)22-15-5-7-16(8-6-15)26-18-10-9-17(20-21-18)23-12-11-19-14(23)2/h5-12,22H,3-4,13H2,1-2H3. The summed E-state index contributed by atoms with van der Waals surface area (Å²) in [5.74, 6) is 2.45. The highest BCUT2D eigenvalue weighted by Crippen LogP contribution is 2.22. The highest BCUT2D eigenvalue weighted by molar-refractivity contribution is 7.92. The minimum absolute atomic E-state index is 0.111. The number of rotatable bonds is 8. The molecular formula is C18H21N5O3S. The zero-order chi connectivity index (χ0) is 19.3. The molecule has 2 aromatic heterocycles. The Labute approximate surface area is 158 Å². The second-order valence-electron chi connectivity index (χ2n) is 5.98. The van der Waals surface area contributed by atoms with E-state index in [2.05, 4.69) is 19.9 Å². The van der Waals surface area contributed by atoms with E-state index in [9.17, 15) is 8.42 Å². The molecule has 3 aromatic rings. The van der Waals surface area contributed by atoms with Crippen molar-refractivity contribution in [1.29, 1.82) is 0 Å². The van der Waals surface area contributed by atoms with E-state index in [1.54, 1.807) is 48.8 Å². The van der Waals surface area contributed by atoms with Gasteiger partial charge in [-0.05, 0) is 43.7 Å². The Morgan fingerprint density at radius 1 is 1.11 bits per heavy atom. The lowest BCUT2D eigenvalue weighted by molar-refractivity contribution is 0.454. The Balaban J connectivity index is 1.64. The number of benzene rings is 1. The Bertz CT molecular complexity index is 983. The SMILES string of the molecule is CCCCS(=O)(=O)Nc1ccc(Oc2ccc(-n3ccnc3C)nn2)cc1. The molecule has 0 spiro atoms. The van der Waals surface area contributed by atoms with Gasteiger partial charge in [0.1, 0.15) is 11.6 Å². The van der Waals surface area contributed by atoms with Crippen molar-refractivity contribution in [2.45, 2.75) is 26.7 Å². The third-order valence-corrected chi connectivity index (χ3v) is 5.19. The maximum atomic E-state index is 11.9. The number of nitrogens with zero attached hydrogens (tertiary/aromatic N) is 4. The molecule has 0 amide bonds. The molecule has 9 heteroatoms. The number of imidazole rings is 1. The molecule has 0 unspecified atom stereocenters. The fourth-order valence-corrected chi connectivity index (χ4v) is 3.66. The lowest BCUT2D eigenvalue weighted by Crippen LogP contribution is -2.16.